The third kappa shape index (κ3) is 1.97. The number of aryl methyl sites for hydroxylation is 1. The molecule has 1 aliphatic carbocycles. The number of nitrogens with one attached hydrogen (secondary N) is 1. The predicted molar refractivity (Wildman–Crippen MR) is 57.5 cm³/mol. The fourth-order valence-electron chi connectivity index (χ4n) is 1.66. The first-order valence-corrected chi connectivity index (χ1v) is 5.16. The molecule has 1 saturated carbocycles. The van der Waals surface area contributed by atoms with Gasteiger partial charge in [-0.3, -0.25) is 4.79 Å². The Labute approximate surface area is 83.8 Å². The van der Waals surface area contributed by atoms with Crippen LogP contribution in [0.5, 0.6) is 0 Å². The second kappa shape index (κ2) is 3.86. The summed E-state index contributed by atoms with van der Waals surface area (Å²) in [4.78, 5) is 11.1. The molecule has 0 aromatic carbocycles. The van der Waals surface area contributed by atoms with Crippen LogP contribution in [0.1, 0.15) is 19.3 Å². The van der Waals surface area contributed by atoms with Crippen molar-refractivity contribution in [2.45, 2.75) is 19.3 Å². The lowest BCUT2D eigenvalue weighted by Gasteiger charge is -2.25. The molecule has 0 unspecified atom stereocenters. The highest BCUT2D eigenvalue weighted by Gasteiger charge is 2.16. The van der Waals surface area contributed by atoms with Crippen LogP contribution in [0.3, 0.4) is 0 Å². The largest absolute Gasteiger partial charge is 0.384 e. The Balaban J connectivity index is 1.95. The van der Waals surface area contributed by atoms with Gasteiger partial charge in [-0.15, -0.1) is 0 Å². The van der Waals surface area contributed by atoms with Crippen molar-refractivity contribution in [3.8, 4) is 0 Å². The van der Waals surface area contributed by atoms with Crippen molar-refractivity contribution in [2.24, 2.45) is 13.0 Å². The van der Waals surface area contributed by atoms with E-state index >= 15 is 0 Å². The molecule has 1 aliphatic rings. The zero-order chi connectivity index (χ0) is 9.97. The van der Waals surface area contributed by atoms with E-state index in [2.05, 4.69) is 5.32 Å². The fourth-order valence-corrected chi connectivity index (χ4v) is 1.66. The molecule has 1 aromatic rings. The van der Waals surface area contributed by atoms with Crippen LogP contribution in [-0.2, 0) is 7.05 Å². The Morgan fingerprint density at radius 1 is 1.50 bits per heavy atom. The summed E-state index contributed by atoms with van der Waals surface area (Å²) in [6.45, 7) is 1.04. The Hall–Kier alpha value is -1.25. The first kappa shape index (κ1) is 9.31. The molecule has 0 spiro atoms. The van der Waals surface area contributed by atoms with Crippen molar-refractivity contribution in [1.82, 2.24) is 4.57 Å². The number of pyridine rings is 1. The average Bonchev–Trinajstić information content (AvgIpc) is 2.08. The van der Waals surface area contributed by atoms with Gasteiger partial charge >= 0.3 is 0 Å². The van der Waals surface area contributed by atoms with Crippen LogP contribution in [-0.4, -0.2) is 11.1 Å². The van der Waals surface area contributed by atoms with Crippen LogP contribution in [0.4, 0.5) is 5.69 Å². The van der Waals surface area contributed by atoms with Gasteiger partial charge in [0, 0.05) is 25.9 Å². The summed E-state index contributed by atoms with van der Waals surface area (Å²) in [6.07, 6.45) is 5.91. The standard InChI is InChI=1S/C11H16N2O/c1-13-8-10(5-6-11(13)14)12-7-9-3-2-4-9/h5-6,8-9,12H,2-4,7H2,1H3. The summed E-state index contributed by atoms with van der Waals surface area (Å²) in [5.41, 5.74) is 1.08. The molecule has 76 valence electrons. The van der Waals surface area contributed by atoms with Crippen LogP contribution in [0.2, 0.25) is 0 Å². The van der Waals surface area contributed by atoms with E-state index < -0.39 is 0 Å². The molecule has 1 heterocycles. The first-order valence-electron chi connectivity index (χ1n) is 5.16. The Morgan fingerprint density at radius 3 is 2.86 bits per heavy atom. The Bertz CT molecular complexity index is 366. The molecule has 3 heteroatoms. The van der Waals surface area contributed by atoms with Gasteiger partial charge in [-0.05, 0) is 24.8 Å². The quantitative estimate of drug-likeness (QED) is 0.789. The Morgan fingerprint density at radius 2 is 2.29 bits per heavy atom. The van der Waals surface area contributed by atoms with E-state index in [1.807, 2.05) is 12.3 Å². The van der Waals surface area contributed by atoms with Gasteiger partial charge in [0.15, 0.2) is 0 Å². The topological polar surface area (TPSA) is 34.0 Å². The molecule has 0 amide bonds. The molecular formula is C11H16N2O. The SMILES string of the molecule is Cn1cc(NCC2CCC2)ccc1=O. The molecular weight excluding hydrogens is 176 g/mol. The minimum atomic E-state index is 0.0409. The molecule has 0 bridgehead atoms. The number of rotatable bonds is 3. The van der Waals surface area contributed by atoms with Crippen LogP contribution in [0, 0.1) is 5.92 Å². The number of hydrogen-bond donors (Lipinski definition) is 1. The summed E-state index contributed by atoms with van der Waals surface area (Å²) in [7, 11) is 1.77. The lowest BCUT2D eigenvalue weighted by molar-refractivity contribution is 0.333. The average molecular weight is 192 g/mol. The van der Waals surface area contributed by atoms with Gasteiger partial charge in [0.05, 0.1) is 5.69 Å². The predicted octanol–water partition coefficient (Wildman–Crippen LogP) is 1.60. The molecule has 1 fully saturated rings. The van der Waals surface area contributed by atoms with E-state index in [9.17, 15) is 4.79 Å². The van der Waals surface area contributed by atoms with Gasteiger partial charge in [-0.1, -0.05) is 6.42 Å². The highest BCUT2D eigenvalue weighted by molar-refractivity contribution is 5.40. The van der Waals surface area contributed by atoms with Crippen molar-refractivity contribution in [3.05, 3.63) is 28.7 Å². The van der Waals surface area contributed by atoms with Gasteiger partial charge in [-0.2, -0.15) is 0 Å². The normalized spacial score (nSPS) is 16.4. The van der Waals surface area contributed by atoms with Crippen molar-refractivity contribution < 1.29 is 0 Å². The molecule has 0 atom stereocenters. The minimum absolute atomic E-state index is 0.0409. The van der Waals surface area contributed by atoms with Gasteiger partial charge in [0.2, 0.25) is 5.56 Å². The summed E-state index contributed by atoms with van der Waals surface area (Å²) < 4.78 is 1.60. The molecule has 0 aliphatic heterocycles. The monoisotopic (exact) mass is 192 g/mol. The fraction of sp³-hybridized carbons (Fsp3) is 0.545. The number of nitrogens with zero attached hydrogens (tertiary/aromatic N) is 1. The molecule has 2 rings (SSSR count). The van der Waals surface area contributed by atoms with Crippen molar-refractivity contribution in [3.63, 3.8) is 0 Å². The van der Waals surface area contributed by atoms with Crippen molar-refractivity contribution >= 4 is 5.69 Å². The second-order valence-electron chi connectivity index (χ2n) is 4.04. The van der Waals surface area contributed by atoms with E-state index in [4.69, 9.17) is 0 Å². The number of aromatic nitrogens is 1. The van der Waals surface area contributed by atoms with Crippen molar-refractivity contribution in [1.29, 1.82) is 0 Å². The molecule has 0 radical (unpaired) electrons. The molecule has 0 saturated heterocycles. The Kier molecular flexibility index (Phi) is 2.57. The third-order valence-electron chi connectivity index (χ3n) is 2.91. The highest BCUT2D eigenvalue weighted by Crippen LogP contribution is 2.26. The van der Waals surface area contributed by atoms with Crippen LogP contribution < -0.4 is 10.9 Å². The first-order chi connectivity index (χ1) is 6.75. The van der Waals surface area contributed by atoms with E-state index in [1.54, 1.807) is 17.7 Å². The van der Waals surface area contributed by atoms with Crippen LogP contribution in [0.15, 0.2) is 23.1 Å². The van der Waals surface area contributed by atoms with E-state index in [-0.39, 0.29) is 5.56 Å². The summed E-state index contributed by atoms with van der Waals surface area (Å²) in [5, 5.41) is 3.35. The van der Waals surface area contributed by atoms with Crippen molar-refractivity contribution in [2.75, 3.05) is 11.9 Å². The van der Waals surface area contributed by atoms with Gasteiger partial charge in [0.1, 0.15) is 0 Å². The van der Waals surface area contributed by atoms with Crippen LogP contribution in [0.25, 0.3) is 0 Å². The smallest absolute Gasteiger partial charge is 0.250 e. The minimum Gasteiger partial charge on any atom is -0.384 e. The van der Waals surface area contributed by atoms with E-state index in [0.717, 1.165) is 18.2 Å². The lowest BCUT2D eigenvalue weighted by atomic mass is 9.85. The zero-order valence-electron chi connectivity index (χ0n) is 8.49. The third-order valence-corrected chi connectivity index (χ3v) is 2.91. The summed E-state index contributed by atoms with van der Waals surface area (Å²) in [5.74, 6) is 0.840. The van der Waals surface area contributed by atoms with E-state index in [1.165, 1.54) is 19.3 Å². The maximum atomic E-state index is 11.1. The number of anilines is 1. The maximum absolute atomic E-state index is 11.1. The van der Waals surface area contributed by atoms with Gasteiger partial charge in [0.25, 0.3) is 0 Å². The summed E-state index contributed by atoms with van der Waals surface area (Å²) >= 11 is 0. The highest BCUT2D eigenvalue weighted by atomic mass is 16.1. The van der Waals surface area contributed by atoms with Crippen LogP contribution >= 0.6 is 0 Å². The van der Waals surface area contributed by atoms with E-state index in [0.29, 0.717) is 0 Å². The van der Waals surface area contributed by atoms with Gasteiger partial charge < -0.3 is 9.88 Å². The summed E-state index contributed by atoms with van der Waals surface area (Å²) in [6, 6.07) is 3.45. The lowest BCUT2D eigenvalue weighted by Crippen LogP contribution is -2.22. The zero-order valence-corrected chi connectivity index (χ0v) is 8.49. The molecule has 3 nitrogen and oxygen atoms in total. The maximum Gasteiger partial charge on any atom is 0.250 e. The molecule has 1 aromatic heterocycles. The second-order valence-corrected chi connectivity index (χ2v) is 4.04. The molecule has 14 heavy (non-hydrogen) atoms. The molecule has 1 N–H and O–H groups in total. The van der Waals surface area contributed by atoms with Gasteiger partial charge in [-0.25, -0.2) is 0 Å². The number of hydrogen-bond acceptors (Lipinski definition) is 2.